The van der Waals surface area contributed by atoms with Crippen LogP contribution in [0, 0.1) is 0 Å². The van der Waals surface area contributed by atoms with Gasteiger partial charge in [-0.2, -0.15) is 13.2 Å². The van der Waals surface area contributed by atoms with E-state index < -0.39 is 17.6 Å². The first kappa shape index (κ1) is 13.4. The van der Waals surface area contributed by atoms with Crippen LogP contribution in [0.2, 0.25) is 0 Å². The van der Waals surface area contributed by atoms with Crippen molar-refractivity contribution in [2.24, 2.45) is 0 Å². The maximum Gasteiger partial charge on any atom is 0.417 e. The van der Waals surface area contributed by atoms with E-state index in [-0.39, 0.29) is 16.1 Å². The number of rotatable bonds is 2. The van der Waals surface area contributed by atoms with Crippen LogP contribution in [0.5, 0.6) is 0 Å². The van der Waals surface area contributed by atoms with Crippen LogP contribution >= 0.6 is 15.9 Å². The van der Waals surface area contributed by atoms with Gasteiger partial charge in [0.2, 0.25) is 0 Å². The first-order valence-electron chi connectivity index (χ1n) is 5.26. The Morgan fingerprint density at radius 3 is 2.56 bits per heavy atom. The maximum atomic E-state index is 12.7. The minimum Gasteiger partial charge on any atom is -0.347 e. The molecule has 0 radical (unpaired) electrons. The van der Waals surface area contributed by atoms with Crippen molar-refractivity contribution in [1.29, 1.82) is 0 Å². The van der Waals surface area contributed by atoms with E-state index in [1.165, 1.54) is 12.1 Å². The zero-order valence-corrected chi connectivity index (χ0v) is 10.7. The molecule has 1 aliphatic heterocycles. The van der Waals surface area contributed by atoms with E-state index in [2.05, 4.69) is 26.6 Å². The van der Waals surface area contributed by atoms with Gasteiger partial charge in [0.05, 0.1) is 11.6 Å². The largest absolute Gasteiger partial charge is 0.417 e. The number of amides is 1. The van der Waals surface area contributed by atoms with Crippen molar-refractivity contribution in [2.75, 3.05) is 13.1 Å². The molecule has 0 aliphatic carbocycles. The standard InChI is InChI=1S/C11H10BrF3N2O/c12-9-2-1-6(3-8(9)11(13,14)15)10(18)17-7-4-16-5-7/h1-3,7,16H,4-5H2,(H,17,18). The molecule has 1 aromatic carbocycles. The second kappa shape index (κ2) is 4.89. The topological polar surface area (TPSA) is 41.1 Å². The van der Waals surface area contributed by atoms with Crippen LogP contribution in [0.25, 0.3) is 0 Å². The lowest BCUT2D eigenvalue weighted by Gasteiger charge is -2.28. The summed E-state index contributed by atoms with van der Waals surface area (Å²) in [4.78, 5) is 11.7. The predicted molar refractivity (Wildman–Crippen MR) is 63.3 cm³/mol. The van der Waals surface area contributed by atoms with Gasteiger partial charge < -0.3 is 10.6 Å². The quantitative estimate of drug-likeness (QED) is 0.876. The Morgan fingerprint density at radius 1 is 1.39 bits per heavy atom. The molecule has 0 spiro atoms. The van der Waals surface area contributed by atoms with Crippen LogP contribution in [0.3, 0.4) is 0 Å². The van der Waals surface area contributed by atoms with Gasteiger partial charge in [-0.3, -0.25) is 4.79 Å². The van der Waals surface area contributed by atoms with Gasteiger partial charge in [-0.1, -0.05) is 15.9 Å². The number of halogens is 4. The number of benzene rings is 1. The van der Waals surface area contributed by atoms with Crippen molar-refractivity contribution in [3.05, 3.63) is 33.8 Å². The molecular formula is C11H10BrF3N2O. The average molecular weight is 323 g/mol. The lowest BCUT2D eigenvalue weighted by Crippen LogP contribution is -2.56. The molecule has 2 rings (SSSR count). The molecule has 3 nitrogen and oxygen atoms in total. The van der Waals surface area contributed by atoms with E-state index in [1.54, 1.807) is 0 Å². The Hall–Kier alpha value is -1.08. The van der Waals surface area contributed by atoms with Gasteiger partial charge in [-0.25, -0.2) is 0 Å². The molecular weight excluding hydrogens is 313 g/mol. The minimum atomic E-state index is -4.48. The summed E-state index contributed by atoms with van der Waals surface area (Å²) in [7, 11) is 0. The molecule has 7 heteroatoms. The smallest absolute Gasteiger partial charge is 0.347 e. The number of alkyl halides is 3. The molecule has 1 aromatic rings. The number of nitrogens with one attached hydrogen (secondary N) is 2. The summed E-state index contributed by atoms with van der Waals surface area (Å²) in [5.41, 5.74) is -0.834. The third-order valence-corrected chi connectivity index (χ3v) is 3.34. The fourth-order valence-electron chi connectivity index (χ4n) is 1.54. The van der Waals surface area contributed by atoms with Gasteiger partial charge in [-0.15, -0.1) is 0 Å². The Balaban J connectivity index is 2.20. The van der Waals surface area contributed by atoms with Crippen LogP contribution in [0.1, 0.15) is 15.9 Å². The third kappa shape index (κ3) is 2.84. The highest BCUT2D eigenvalue weighted by Gasteiger charge is 2.33. The summed E-state index contributed by atoms with van der Waals surface area (Å²) in [6.07, 6.45) is -4.48. The van der Waals surface area contributed by atoms with Gasteiger partial charge in [0, 0.05) is 23.1 Å². The Morgan fingerprint density at radius 2 is 2.06 bits per heavy atom. The van der Waals surface area contributed by atoms with Crippen molar-refractivity contribution >= 4 is 21.8 Å². The van der Waals surface area contributed by atoms with E-state index >= 15 is 0 Å². The highest BCUT2D eigenvalue weighted by atomic mass is 79.9. The van der Waals surface area contributed by atoms with Gasteiger partial charge >= 0.3 is 6.18 Å². The van der Waals surface area contributed by atoms with Gasteiger partial charge in [0.1, 0.15) is 0 Å². The van der Waals surface area contributed by atoms with E-state index in [0.717, 1.165) is 6.07 Å². The predicted octanol–water partition coefficient (Wildman–Crippen LogP) is 2.17. The molecule has 1 aliphatic rings. The highest BCUT2D eigenvalue weighted by Crippen LogP contribution is 2.35. The summed E-state index contributed by atoms with van der Waals surface area (Å²) >= 11 is 2.83. The Kier molecular flexibility index (Phi) is 3.63. The lowest BCUT2D eigenvalue weighted by atomic mass is 10.1. The number of hydrogen-bond acceptors (Lipinski definition) is 2. The minimum absolute atomic E-state index is 0.00418. The number of carbonyl (C=O) groups excluding carboxylic acids is 1. The molecule has 1 amide bonds. The van der Waals surface area contributed by atoms with Crippen LogP contribution in [0.15, 0.2) is 22.7 Å². The fraction of sp³-hybridized carbons (Fsp3) is 0.364. The first-order chi connectivity index (χ1) is 8.38. The molecule has 0 atom stereocenters. The van der Waals surface area contributed by atoms with Crippen LogP contribution in [-0.2, 0) is 6.18 Å². The second-order valence-corrected chi connectivity index (χ2v) is 4.88. The van der Waals surface area contributed by atoms with Crippen molar-refractivity contribution in [2.45, 2.75) is 12.2 Å². The van der Waals surface area contributed by atoms with Crippen LogP contribution in [-0.4, -0.2) is 25.0 Å². The molecule has 0 aromatic heterocycles. The summed E-state index contributed by atoms with van der Waals surface area (Å²) in [5.74, 6) is -0.487. The van der Waals surface area contributed by atoms with Crippen molar-refractivity contribution in [3.8, 4) is 0 Å². The summed E-state index contributed by atoms with van der Waals surface area (Å²) in [6.45, 7) is 1.29. The fourth-order valence-corrected chi connectivity index (χ4v) is 2.01. The zero-order valence-electron chi connectivity index (χ0n) is 9.14. The summed E-state index contributed by atoms with van der Waals surface area (Å²) in [5, 5.41) is 5.61. The molecule has 0 unspecified atom stereocenters. The Bertz CT molecular complexity index is 472. The molecule has 1 fully saturated rings. The average Bonchev–Trinajstić information content (AvgIpc) is 2.22. The molecule has 0 saturated carbocycles. The zero-order chi connectivity index (χ0) is 13.3. The SMILES string of the molecule is O=C(NC1CNC1)c1ccc(Br)c(C(F)(F)F)c1. The van der Waals surface area contributed by atoms with Crippen LogP contribution in [0.4, 0.5) is 13.2 Å². The number of carbonyl (C=O) groups is 1. The highest BCUT2D eigenvalue weighted by molar-refractivity contribution is 9.10. The van der Waals surface area contributed by atoms with Gasteiger partial charge in [0.25, 0.3) is 5.91 Å². The molecule has 1 heterocycles. The number of hydrogen-bond donors (Lipinski definition) is 2. The van der Waals surface area contributed by atoms with Gasteiger partial charge in [0.15, 0.2) is 0 Å². The monoisotopic (exact) mass is 322 g/mol. The second-order valence-electron chi connectivity index (χ2n) is 4.02. The third-order valence-electron chi connectivity index (χ3n) is 2.65. The summed E-state index contributed by atoms with van der Waals surface area (Å²) in [6, 6.07) is 3.44. The van der Waals surface area contributed by atoms with Crippen LogP contribution < -0.4 is 10.6 Å². The van der Waals surface area contributed by atoms with Crippen molar-refractivity contribution < 1.29 is 18.0 Å². The van der Waals surface area contributed by atoms with E-state index in [9.17, 15) is 18.0 Å². The molecule has 1 saturated heterocycles. The van der Waals surface area contributed by atoms with Crippen molar-refractivity contribution in [1.82, 2.24) is 10.6 Å². The maximum absolute atomic E-state index is 12.7. The van der Waals surface area contributed by atoms with E-state index in [1.807, 2.05) is 0 Å². The van der Waals surface area contributed by atoms with E-state index in [4.69, 9.17) is 0 Å². The van der Waals surface area contributed by atoms with Crippen molar-refractivity contribution in [3.63, 3.8) is 0 Å². The normalized spacial score (nSPS) is 16.2. The first-order valence-corrected chi connectivity index (χ1v) is 6.05. The molecule has 2 N–H and O–H groups in total. The van der Waals surface area contributed by atoms with E-state index in [0.29, 0.717) is 13.1 Å². The lowest BCUT2D eigenvalue weighted by molar-refractivity contribution is -0.138. The molecule has 98 valence electrons. The van der Waals surface area contributed by atoms with Gasteiger partial charge in [-0.05, 0) is 18.2 Å². The molecule has 0 bridgehead atoms. The molecule has 18 heavy (non-hydrogen) atoms. The Labute approximate surface area is 110 Å². The summed E-state index contributed by atoms with van der Waals surface area (Å²) < 4.78 is 37.9.